The van der Waals surface area contributed by atoms with Crippen LogP contribution in [0.15, 0.2) is 66.7 Å². The normalized spacial score (nSPS) is 11.1. The van der Waals surface area contributed by atoms with Crippen molar-refractivity contribution in [3.8, 4) is 11.4 Å². The first kappa shape index (κ1) is 19.5. The fourth-order valence-corrected chi connectivity index (χ4v) is 2.78. The molecular formula is C23H26N4O. The Balaban J connectivity index is 1.80. The molecule has 0 fully saturated rings. The highest BCUT2D eigenvalue weighted by atomic mass is 16.1. The first-order chi connectivity index (χ1) is 13.4. The Morgan fingerprint density at radius 2 is 1.57 bits per heavy atom. The second kappa shape index (κ2) is 8.65. The summed E-state index contributed by atoms with van der Waals surface area (Å²) < 4.78 is 0. The molecular weight excluding hydrogens is 348 g/mol. The molecule has 28 heavy (non-hydrogen) atoms. The number of anilines is 1. The molecule has 1 heterocycles. The maximum absolute atomic E-state index is 12.7. The van der Waals surface area contributed by atoms with E-state index in [9.17, 15) is 4.79 Å². The van der Waals surface area contributed by atoms with E-state index in [4.69, 9.17) is 0 Å². The number of carbonyl (C=O) groups excluding carboxylic acids is 1. The predicted octanol–water partition coefficient (Wildman–Crippen LogP) is 4.33. The topological polar surface area (TPSA) is 66.9 Å². The highest BCUT2D eigenvalue weighted by Crippen LogP contribution is 2.20. The van der Waals surface area contributed by atoms with Gasteiger partial charge in [0.05, 0.1) is 0 Å². The quantitative estimate of drug-likeness (QED) is 0.674. The van der Waals surface area contributed by atoms with Gasteiger partial charge in [-0.25, -0.2) is 9.97 Å². The average Bonchev–Trinajstić information content (AvgIpc) is 2.68. The van der Waals surface area contributed by atoms with E-state index in [1.807, 2.05) is 48.5 Å². The summed E-state index contributed by atoms with van der Waals surface area (Å²) in [5.41, 5.74) is 2.24. The zero-order valence-electron chi connectivity index (χ0n) is 16.6. The molecule has 0 radical (unpaired) electrons. The van der Waals surface area contributed by atoms with Crippen molar-refractivity contribution in [1.82, 2.24) is 15.3 Å². The van der Waals surface area contributed by atoms with Gasteiger partial charge in [0, 0.05) is 23.7 Å². The van der Waals surface area contributed by atoms with E-state index >= 15 is 0 Å². The fraction of sp³-hybridized carbons (Fsp3) is 0.261. The van der Waals surface area contributed by atoms with Gasteiger partial charge in [0.25, 0.3) is 5.91 Å². The lowest BCUT2D eigenvalue weighted by Gasteiger charge is -2.22. The molecule has 1 amide bonds. The molecule has 5 nitrogen and oxygen atoms in total. The summed E-state index contributed by atoms with van der Waals surface area (Å²) in [5.74, 6) is 0.963. The van der Waals surface area contributed by atoms with E-state index in [2.05, 4.69) is 53.5 Å². The highest BCUT2D eigenvalue weighted by molar-refractivity contribution is 5.93. The molecule has 1 aromatic heterocycles. The molecule has 2 N–H and O–H groups in total. The van der Waals surface area contributed by atoms with Crippen LogP contribution in [0.4, 0.5) is 5.82 Å². The predicted molar refractivity (Wildman–Crippen MR) is 113 cm³/mol. The number of benzene rings is 2. The Hall–Kier alpha value is -3.21. The molecule has 144 valence electrons. The van der Waals surface area contributed by atoms with Gasteiger partial charge in [-0.3, -0.25) is 4.79 Å². The second-order valence-electron chi connectivity index (χ2n) is 7.69. The molecule has 0 aliphatic heterocycles. The van der Waals surface area contributed by atoms with Gasteiger partial charge in [0.1, 0.15) is 11.5 Å². The second-order valence-corrected chi connectivity index (χ2v) is 7.69. The first-order valence-corrected chi connectivity index (χ1v) is 9.45. The lowest BCUT2D eigenvalue weighted by atomic mass is 10.1. The fourth-order valence-electron chi connectivity index (χ4n) is 2.78. The van der Waals surface area contributed by atoms with Gasteiger partial charge in [-0.2, -0.15) is 0 Å². The number of carbonyl (C=O) groups is 1. The molecule has 3 rings (SSSR count). The van der Waals surface area contributed by atoms with E-state index in [0.29, 0.717) is 23.9 Å². The number of hydrogen-bond donors (Lipinski definition) is 2. The summed E-state index contributed by atoms with van der Waals surface area (Å²) in [6, 6.07) is 21.5. The third-order valence-electron chi connectivity index (χ3n) is 4.04. The Kier molecular flexibility index (Phi) is 6.04. The van der Waals surface area contributed by atoms with Crippen molar-refractivity contribution < 1.29 is 4.79 Å². The summed E-state index contributed by atoms with van der Waals surface area (Å²) in [6.45, 7) is 6.71. The van der Waals surface area contributed by atoms with Crippen LogP contribution < -0.4 is 10.6 Å². The zero-order valence-corrected chi connectivity index (χ0v) is 16.6. The van der Waals surface area contributed by atoms with Crippen molar-refractivity contribution in [2.24, 2.45) is 0 Å². The number of hydrogen-bond acceptors (Lipinski definition) is 4. The molecule has 0 bridgehead atoms. The van der Waals surface area contributed by atoms with Gasteiger partial charge in [-0.1, -0.05) is 60.7 Å². The Labute approximate surface area is 166 Å². The van der Waals surface area contributed by atoms with Crippen molar-refractivity contribution in [3.05, 3.63) is 78.0 Å². The molecule has 0 spiro atoms. The van der Waals surface area contributed by atoms with Crippen molar-refractivity contribution in [2.45, 2.75) is 32.7 Å². The monoisotopic (exact) mass is 374 g/mol. The van der Waals surface area contributed by atoms with E-state index in [1.54, 1.807) is 6.07 Å². The van der Waals surface area contributed by atoms with Crippen molar-refractivity contribution in [3.63, 3.8) is 0 Å². The van der Waals surface area contributed by atoms with Crippen molar-refractivity contribution in [2.75, 3.05) is 11.9 Å². The van der Waals surface area contributed by atoms with E-state index in [-0.39, 0.29) is 11.4 Å². The van der Waals surface area contributed by atoms with Crippen LogP contribution in [0.25, 0.3) is 11.4 Å². The van der Waals surface area contributed by atoms with Crippen LogP contribution in [0, 0.1) is 0 Å². The SMILES string of the molecule is CC(C)(C)Nc1cc(C(=O)NCCc2ccccc2)nc(-c2ccccc2)n1. The summed E-state index contributed by atoms with van der Waals surface area (Å²) in [6.07, 6.45) is 0.774. The van der Waals surface area contributed by atoms with Crippen LogP contribution in [0.5, 0.6) is 0 Å². The molecule has 0 atom stereocenters. The van der Waals surface area contributed by atoms with Gasteiger partial charge in [0.15, 0.2) is 5.82 Å². The van der Waals surface area contributed by atoms with E-state index in [0.717, 1.165) is 12.0 Å². The summed E-state index contributed by atoms with van der Waals surface area (Å²) >= 11 is 0. The lowest BCUT2D eigenvalue weighted by molar-refractivity contribution is 0.0949. The van der Waals surface area contributed by atoms with Crippen LogP contribution in [-0.4, -0.2) is 28.0 Å². The van der Waals surface area contributed by atoms with Crippen LogP contribution in [0.2, 0.25) is 0 Å². The Morgan fingerprint density at radius 1 is 0.929 bits per heavy atom. The summed E-state index contributed by atoms with van der Waals surface area (Å²) in [5, 5.41) is 6.30. The largest absolute Gasteiger partial charge is 0.365 e. The minimum atomic E-state index is -0.201. The third-order valence-corrected chi connectivity index (χ3v) is 4.04. The number of rotatable bonds is 6. The third kappa shape index (κ3) is 5.64. The number of amides is 1. The molecule has 2 aromatic carbocycles. The van der Waals surface area contributed by atoms with Crippen LogP contribution in [0.3, 0.4) is 0 Å². The Bertz CT molecular complexity index is 918. The van der Waals surface area contributed by atoms with Crippen LogP contribution in [-0.2, 0) is 6.42 Å². The molecule has 0 saturated heterocycles. The van der Waals surface area contributed by atoms with Gasteiger partial charge in [-0.15, -0.1) is 0 Å². The molecule has 0 saturated carbocycles. The number of aromatic nitrogens is 2. The highest BCUT2D eigenvalue weighted by Gasteiger charge is 2.16. The van der Waals surface area contributed by atoms with E-state index in [1.165, 1.54) is 5.56 Å². The molecule has 0 unspecified atom stereocenters. The minimum Gasteiger partial charge on any atom is -0.365 e. The van der Waals surface area contributed by atoms with Crippen LogP contribution in [0.1, 0.15) is 36.8 Å². The van der Waals surface area contributed by atoms with Gasteiger partial charge < -0.3 is 10.6 Å². The van der Waals surface area contributed by atoms with Crippen molar-refractivity contribution >= 4 is 11.7 Å². The standard InChI is InChI=1S/C23H26N4O/c1-23(2,3)27-20-16-19(25-21(26-20)18-12-8-5-9-13-18)22(28)24-15-14-17-10-6-4-7-11-17/h4-13,16H,14-15H2,1-3H3,(H,24,28)(H,25,26,27). The molecule has 0 aliphatic rings. The van der Waals surface area contributed by atoms with E-state index < -0.39 is 0 Å². The average molecular weight is 374 g/mol. The maximum atomic E-state index is 12.7. The smallest absolute Gasteiger partial charge is 0.270 e. The van der Waals surface area contributed by atoms with Gasteiger partial charge >= 0.3 is 0 Å². The van der Waals surface area contributed by atoms with Crippen LogP contribution >= 0.6 is 0 Å². The summed E-state index contributed by atoms with van der Waals surface area (Å²) in [4.78, 5) is 21.8. The number of nitrogens with one attached hydrogen (secondary N) is 2. The lowest BCUT2D eigenvalue weighted by Crippen LogP contribution is -2.29. The minimum absolute atomic E-state index is 0.177. The first-order valence-electron chi connectivity index (χ1n) is 9.45. The van der Waals surface area contributed by atoms with Gasteiger partial charge in [0.2, 0.25) is 0 Å². The summed E-state index contributed by atoms with van der Waals surface area (Å²) in [7, 11) is 0. The Morgan fingerprint density at radius 3 is 2.21 bits per heavy atom. The van der Waals surface area contributed by atoms with Crippen molar-refractivity contribution in [1.29, 1.82) is 0 Å². The molecule has 3 aromatic rings. The van der Waals surface area contributed by atoms with Gasteiger partial charge in [-0.05, 0) is 32.8 Å². The maximum Gasteiger partial charge on any atom is 0.270 e. The molecule has 0 aliphatic carbocycles. The molecule has 5 heteroatoms. The number of nitrogens with zero attached hydrogens (tertiary/aromatic N) is 2. The zero-order chi connectivity index (χ0) is 20.0.